The molecule has 0 aliphatic carbocycles. The Hall–Kier alpha value is -0.990. The maximum atomic E-state index is 9.32. The third kappa shape index (κ3) is 1.45. The minimum atomic E-state index is -0.00815. The van der Waals surface area contributed by atoms with E-state index in [1.54, 1.807) is 0 Å². The molecule has 0 spiro atoms. The molecule has 15 heavy (non-hydrogen) atoms. The summed E-state index contributed by atoms with van der Waals surface area (Å²) in [6, 6.07) is 6.06. The van der Waals surface area contributed by atoms with Crippen LogP contribution < -0.4 is 0 Å². The van der Waals surface area contributed by atoms with Gasteiger partial charge in [-0.1, -0.05) is 29.8 Å². The van der Waals surface area contributed by atoms with Gasteiger partial charge in [0.2, 0.25) is 0 Å². The Bertz CT molecular complexity index is 502. The average molecular weight is 224 g/mol. The van der Waals surface area contributed by atoms with Crippen LogP contribution in [0.2, 0.25) is 5.15 Å². The molecule has 80 valence electrons. The molecule has 0 atom stereocenters. The normalized spacial score (nSPS) is 11.2. The molecule has 2 rings (SSSR count). The third-order valence-electron chi connectivity index (χ3n) is 2.79. The van der Waals surface area contributed by atoms with Crippen molar-refractivity contribution in [1.82, 2.24) is 4.57 Å². The highest BCUT2D eigenvalue weighted by Crippen LogP contribution is 2.31. The maximum absolute atomic E-state index is 9.32. The number of aromatic nitrogens is 1. The van der Waals surface area contributed by atoms with Gasteiger partial charge < -0.3 is 9.67 Å². The molecule has 1 N–H and O–H groups in total. The van der Waals surface area contributed by atoms with Gasteiger partial charge in [-0.05, 0) is 19.4 Å². The summed E-state index contributed by atoms with van der Waals surface area (Å²) in [6.45, 7) is 4.93. The van der Waals surface area contributed by atoms with Gasteiger partial charge in [0.05, 0.1) is 12.1 Å². The number of fused-ring (bicyclic) bond motifs is 1. The topological polar surface area (TPSA) is 25.2 Å². The van der Waals surface area contributed by atoms with Crippen LogP contribution in [0.25, 0.3) is 10.9 Å². The maximum Gasteiger partial charge on any atom is 0.115 e. The highest BCUT2D eigenvalue weighted by Gasteiger charge is 2.14. The van der Waals surface area contributed by atoms with Gasteiger partial charge in [-0.15, -0.1) is 0 Å². The fourth-order valence-electron chi connectivity index (χ4n) is 2.08. The minimum Gasteiger partial charge on any atom is -0.392 e. The first-order chi connectivity index (χ1) is 7.20. The van der Waals surface area contributed by atoms with Crippen LogP contribution in [-0.4, -0.2) is 9.67 Å². The number of aryl methyl sites for hydroxylation is 2. The minimum absolute atomic E-state index is 0.00815. The van der Waals surface area contributed by atoms with Crippen molar-refractivity contribution in [2.75, 3.05) is 0 Å². The Morgan fingerprint density at radius 1 is 1.40 bits per heavy atom. The summed E-state index contributed by atoms with van der Waals surface area (Å²) < 4.78 is 2.04. The summed E-state index contributed by atoms with van der Waals surface area (Å²) in [7, 11) is 0. The van der Waals surface area contributed by atoms with E-state index < -0.39 is 0 Å². The van der Waals surface area contributed by atoms with E-state index in [1.807, 2.05) is 16.7 Å². The quantitative estimate of drug-likeness (QED) is 0.832. The van der Waals surface area contributed by atoms with Crippen LogP contribution in [-0.2, 0) is 13.2 Å². The van der Waals surface area contributed by atoms with Gasteiger partial charge in [-0.3, -0.25) is 0 Å². The second-order valence-corrected chi connectivity index (χ2v) is 4.00. The molecule has 0 aliphatic heterocycles. The Kier molecular flexibility index (Phi) is 2.72. The van der Waals surface area contributed by atoms with Crippen molar-refractivity contribution in [3.05, 3.63) is 34.5 Å². The van der Waals surface area contributed by atoms with Crippen LogP contribution in [0.3, 0.4) is 0 Å². The predicted molar refractivity (Wildman–Crippen MR) is 63.3 cm³/mol. The molecule has 3 heteroatoms. The number of aliphatic hydroxyl groups is 1. The van der Waals surface area contributed by atoms with Crippen molar-refractivity contribution in [2.24, 2.45) is 0 Å². The van der Waals surface area contributed by atoms with Gasteiger partial charge in [0.15, 0.2) is 0 Å². The van der Waals surface area contributed by atoms with Crippen molar-refractivity contribution < 1.29 is 5.11 Å². The molecule has 0 bridgehead atoms. The fourth-order valence-corrected chi connectivity index (χ4v) is 2.45. The molecule has 1 heterocycles. The summed E-state index contributed by atoms with van der Waals surface area (Å²) in [6.07, 6.45) is 0. The number of hydrogen-bond donors (Lipinski definition) is 1. The molecule has 1 aromatic heterocycles. The Labute approximate surface area is 94.1 Å². The number of aliphatic hydroxyl groups excluding tert-OH is 1. The molecule has 0 saturated heterocycles. The molecular weight excluding hydrogens is 210 g/mol. The number of nitrogens with zero attached hydrogens (tertiary/aromatic N) is 1. The monoisotopic (exact) mass is 223 g/mol. The second-order valence-electron chi connectivity index (χ2n) is 3.64. The van der Waals surface area contributed by atoms with E-state index in [-0.39, 0.29) is 6.61 Å². The summed E-state index contributed by atoms with van der Waals surface area (Å²) >= 11 is 6.23. The number of halogens is 1. The number of hydrogen-bond acceptors (Lipinski definition) is 1. The molecule has 0 unspecified atom stereocenters. The predicted octanol–water partition coefficient (Wildman–Crippen LogP) is 3.12. The summed E-state index contributed by atoms with van der Waals surface area (Å²) in [5.41, 5.74) is 3.15. The number of rotatable bonds is 2. The van der Waals surface area contributed by atoms with Crippen LogP contribution in [0, 0.1) is 6.92 Å². The van der Waals surface area contributed by atoms with Gasteiger partial charge in [-0.25, -0.2) is 0 Å². The molecule has 0 radical (unpaired) electrons. The molecule has 1 aromatic carbocycles. The molecular formula is C12H14ClNO. The summed E-state index contributed by atoms with van der Waals surface area (Å²) in [5, 5.41) is 11.0. The lowest BCUT2D eigenvalue weighted by Gasteiger charge is -2.04. The first-order valence-corrected chi connectivity index (χ1v) is 5.45. The van der Waals surface area contributed by atoms with Crippen molar-refractivity contribution in [3.8, 4) is 0 Å². The standard InChI is InChI=1S/C12H14ClNO/c1-3-14-11-8(2)5-4-6-9(11)10(7-15)12(14)13/h4-6,15H,3,7H2,1-2H3. The molecule has 2 nitrogen and oxygen atoms in total. The highest BCUT2D eigenvalue weighted by atomic mass is 35.5. The Balaban J connectivity index is 2.92. The zero-order valence-corrected chi connectivity index (χ0v) is 9.67. The highest BCUT2D eigenvalue weighted by molar-refractivity contribution is 6.32. The molecule has 2 aromatic rings. The third-order valence-corrected chi connectivity index (χ3v) is 3.23. The van der Waals surface area contributed by atoms with Crippen LogP contribution in [0.4, 0.5) is 0 Å². The number of benzene rings is 1. The van der Waals surface area contributed by atoms with Crippen LogP contribution >= 0.6 is 11.6 Å². The zero-order chi connectivity index (χ0) is 11.0. The van der Waals surface area contributed by atoms with E-state index in [0.29, 0.717) is 5.15 Å². The molecule has 0 amide bonds. The van der Waals surface area contributed by atoms with Crippen LogP contribution in [0.5, 0.6) is 0 Å². The fraction of sp³-hybridized carbons (Fsp3) is 0.333. The van der Waals surface area contributed by atoms with E-state index in [9.17, 15) is 5.11 Å². The van der Waals surface area contributed by atoms with Gasteiger partial charge in [0, 0.05) is 17.5 Å². The van der Waals surface area contributed by atoms with Crippen molar-refractivity contribution >= 4 is 22.5 Å². The lowest BCUT2D eigenvalue weighted by molar-refractivity contribution is 0.283. The molecule has 0 saturated carbocycles. The Morgan fingerprint density at radius 2 is 2.13 bits per heavy atom. The van der Waals surface area contributed by atoms with Gasteiger partial charge in [0.1, 0.15) is 5.15 Å². The van der Waals surface area contributed by atoms with Crippen molar-refractivity contribution in [3.63, 3.8) is 0 Å². The van der Waals surface area contributed by atoms with Crippen LogP contribution in [0.15, 0.2) is 18.2 Å². The number of para-hydroxylation sites is 1. The largest absolute Gasteiger partial charge is 0.392 e. The van der Waals surface area contributed by atoms with Crippen molar-refractivity contribution in [2.45, 2.75) is 27.0 Å². The van der Waals surface area contributed by atoms with E-state index >= 15 is 0 Å². The van der Waals surface area contributed by atoms with Gasteiger partial charge >= 0.3 is 0 Å². The first kappa shape index (κ1) is 10.5. The lowest BCUT2D eigenvalue weighted by atomic mass is 10.1. The SMILES string of the molecule is CCn1c(Cl)c(CO)c2cccc(C)c21. The summed E-state index contributed by atoms with van der Waals surface area (Å²) in [5.74, 6) is 0. The second kappa shape index (κ2) is 3.87. The first-order valence-electron chi connectivity index (χ1n) is 5.07. The van der Waals surface area contributed by atoms with Crippen molar-refractivity contribution in [1.29, 1.82) is 0 Å². The van der Waals surface area contributed by atoms with Crippen LogP contribution in [0.1, 0.15) is 18.1 Å². The zero-order valence-electron chi connectivity index (χ0n) is 8.92. The Morgan fingerprint density at radius 3 is 2.73 bits per heavy atom. The van der Waals surface area contributed by atoms with Gasteiger partial charge in [-0.2, -0.15) is 0 Å². The van der Waals surface area contributed by atoms with E-state index in [0.717, 1.165) is 23.0 Å². The van der Waals surface area contributed by atoms with Gasteiger partial charge in [0.25, 0.3) is 0 Å². The van der Waals surface area contributed by atoms with E-state index in [4.69, 9.17) is 11.6 Å². The smallest absolute Gasteiger partial charge is 0.115 e. The van der Waals surface area contributed by atoms with E-state index in [1.165, 1.54) is 5.56 Å². The lowest BCUT2D eigenvalue weighted by Crippen LogP contribution is -1.95. The molecule has 0 fully saturated rings. The van der Waals surface area contributed by atoms with E-state index in [2.05, 4.69) is 19.9 Å². The molecule has 0 aliphatic rings. The average Bonchev–Trinajstić information content (AvgIpc) is 2.51. The summed E-state index contributed by atoms with van der Waals surface area (Å²) in [4.78, 5) is 0.